The minimum absolute atomic E-state index is 0. The molecule has 0 atom stereocenters. The second kappa shape index (κ2) is 9.18. The maximum Gasteiger partial charge on any atom is 1.00 e. The number of carbonyl (C=O) groups is 3. The molecular weight excluding hydrogens is 199 g/mol. The molecule has 0 aromatic rings. The molecule has 0 amide bonds. The monoisotopic (exact) mass is 211 g/mol. The Morgan fingerprint density at radius 1 is 1.00 bits per heavy atom. The smallest absolute Gasteiger partial charge is 0.466 e. The van der Waals surface area contributed by atoms with Gasteiger partial charge in [0, 0.05) is 0 Å². The van der Waals surface area contributed by atoms with Gasteiger partial charge in [-0.05, 0) is 13.8 Å². The van der Waals surface area contributed by atoms with Crippen molar-refractivity contribution in [3.05, 3.63) is 0 Å². The molecule has 0 aliphatic carbocycles. The number of esters is 2. The van der Waals surface area contributed by atoms with E-state index in [1.165, 1.54) is 0 Å². The minimum Gasteiger partial charge on any atom is -0.466 e. The summed E-state index contributed by atoms with van der Waals surface area (Å²) < 4.78 is 8.86. The van der Waals surface area contributed by atoms with Crippen LogP contribution in [0.1, 0.15) is 20.3 Å². The third-order valence-electron chi connectivity index (χ3n) is 1.11. The van der Waals surface area contributed by atoms with E-state index in [-0.39, 0.29) is 42.8 Å². The zero-order chi connectivity index (χ0) is 10.3. The first kappa shape index (κ1) is 16.1. The second-order valence-electron chi connectivity index (χ2n) is 2.13. The van der Waals surface area contributed by atoms with Crippen LogP contribution >= 0.6 is 0 Å². The standard InChI is InChI=1S/C8H12O5.Na/c1-3-12-7(10)5-6(9)8(11)13-4-2;/h3-5H2,1-2H3;/q;+1. The van der Waals surface area contributed by atoms with Crippen LogP contribution in [0, 0.1) is 0 Å². The van der Waals surface area contributed by atoms with Crippen LogP contribution in [0.4, 0.5) is 0 Å². The van der Waals surface area contributed by atoms with Gasteiger partial charge in [-0.15, -0.1) is 0 Å². The molecular formula is C8H12NaO5+. The van der Waals surface area contributed by atoms with E-state index < -0.39 is 24.1 Å². The zero-order valence-electron chi connectivity index (χ0n) is 8.66. The Balaban J connectivity index is 0. The predicted octanol–water partition coefficient (Wildman–Crippen LogP) is -2.92. The summed E-state index contributed by atoms with van der Waals surface area (Å²) in [4.78, 5) is 32.3. The fourth-order valence-electron chi connectivity index (χ4n) is 0.627. The first-order chi connectivity index (χ1) is 6.11. The zero-order valence-corrected chi connectivity index (χ0v) is 10.7. The molecule has 0 aliphatic heterocycles. The number of ketones is 1. The van der Waals surface area contributed by atoms with Crippen LogP contribution in [0.15, 0.2) is 0 Å². The van der Waals surface area contributed by atoms with Crippen LogP contribution in [0.3, 0.4) is 0 Å². The maximum atomic E-state index is 10.8. The van der Waals surface area contributed by atoms with Crippen molar-refractivity contribution in [2.75, 3.05) is 13.2 Å². The van der Waals surface area contributed by atoms with Crippen molar-refractivity contribution in [2.45, 2.75) is 20.3 Å². The quantitative estimate of drug-likeness (QED) is 0.211. The van der Waals surface area contributed by atoms with E-state index in [1.807, 2.05) is 0 Å². The van der Waals surface area contributed by atoms with Gasteiger partial charge in [0.1, 0.15) is 6.42 Å². The summed E-state index contributed by atoms with van der Waals surface area (Å²) in [6.07, 6.45) is -0.549. The molecule has 0 spiro atoms. The molecule has 0 aliphatic rings. The van der Waals surface area contributed by atoms with Gasteiger partial charge in [-0.1, -0.05) is 0 Å². The Labute approximate surface area is 104 Å². The van der Waals surface area contributed by atoms with Crippen molar-refractivity contribution in [1.29, 1.82) is 0 Å². The van der Waals surface area contributed by atoms with Crippen molar-refractivity contribution in [1.82, 2.24) is 0 Å². The normalized spacial score (nSPS) is 8.43. The SMILES string of the molecule is CCOC(=O)CC(=O)C(=O)OCC.[Na+]. The summed E-state index contributed by atoms with van der Waals surface area (Å²) >= 11 is 0. The van der Waals surface area contributed by atoms with E-state index in [0.717, 1.165) is 0 Å². The number of hydrogen-bond acceptors (Lipinski definition) is 5. The minimum atomic E-state index is -0.990. The van der Waals surface area contributed by atoms with Crippen molar-refractivity contribution >= 4 is 17.7 Å². The van der Waals surface area contributed by atoms with Gasteiger partial charge in [-0.25, -0.2) is 4.79 Å². The summed E-state index contributed by atoms with van der Waals surface area (Å²) in [6, 6.07) is 0. The first-order valence-electron chi connectivity index (χ1n) is 3.97. The van der Waals surface area contributed by atoms with Gasteiger partial charge in [-0.3, -0.25) is 9.59 Å². The molecule has 0 unspecified atom stereocenters. The number of Topliss-reactive ketones (excluding diaryl/α,β-unsaturated/α-hetero) is 1. The molecule has 74 valence electrons. The van der Waals surface area contributed by atoms with Gasteiger partial charge in [0.2, 0.25) is 0 Å². The third kappa shape index (κ3) is 7.06. The van der Waals surface area contributed by atoms with E-state index in [4.69, 9.17) is 0 Å². The average Bonchev–Trinajstić information content (AvgIpc) is 2.05. The molecule has 0 aromatic carbocycles. The van der Waals surface area contributed by atoms with Crippen LogP contribution in [0.5, 0.6) is 0 Å². The van der Waals surface area contributed by atoms with Gasteiger partial charge in [0.05, 0.1) is 13.2 Å². The largest absolute Gasteiger partial charge is 1.00 e. The van der Waals surface area contributed by atoms with E-state index >= 15 is 0 Å². The van der Waals surface area contributed by atoms with Crippen LogP contribution in [-0.4, -0.2) is 30.9 Å². The van der Waals surface area contributed by atoms with Crippen molar-refractivity contribution in [2.24, 2.45) is 0 Å². The van der Waals surface area contributed by atoms with E-state index in [2.05, 4.69) is 9.47 Å². The van der Waals surface area contributed by atoms with Crippen LogP contribution in [0.25, 0.3) is 0 Å². The summed E-state index contributed by atoms with van der Waals surface area (Å²) in [5, 5.41) is 0. The van der Waals surface area contributed by atoms with Crippen molar-refractivity contribution < 1.29 is 53.4 Å². The Morgan fingerprint density at radius 2 is 1.50 bits per heavy atom. The molecule has 0 radical (unpaired) electrons. The van der Waals surface area contributed by atoms with E-state index in [9.17, 15) is 14.4 Å². The van der Waals surface area contributed by atoms with Crippen molar-refractivity contribution in [3.8, 4) is 0 Å². The molecule has 6 heteroatoms. The van der Waals surface area contributed by atoms with Gasteiger partial charge >= 0.3 is 41.5 Å². The van der Waals surface area contributed by atoms with Gasteiger partial charge < -0.3 is 9.47 Å². The number of carbonyl (C=O) groups excluding carboxylic acids is 3. The van der Waals surface area contributed by atoms with Crippen LogP contribution in [0.2, 0.25) is 0 Å². The Hall–Kier alpha value is -0.390. The van der Waals surface area contributed by atoms with Gasteiger partial charge in [0.25, 0.3) is 5.78 Å². The number of ether oxygens (including phenoxy) is 2. The molecule has 14 heavy (non-hydrogen) atoms. The topological polar surface area (TPSA) is 69.7 Å². The third-order valence-corrected chi connectivity index (χ3v) is 1.11. The molecule has 0 heterocycles. The summed E-state index contributed by atoms with van der Waals surface area (Å²) in [5.74, 6) is -2.57. The Kier molecular flexibility index (Phi) is 10.5. The molecule has 0 N–H and O–H groups in total. The van der Waals surface area contributed by atoms with Gasteiger partial charge in [0.15, 0.2) is 0 Å². The van der Waals surface area contributed by atoms with E-state index in [0.29, 0.717) is 0 Å². The maximum absolute atomic E-state index is 10.8. The second-order valence-corrected chi connectivity index (χ2v) is 2.13. The van der Waals surface area contributed by atoms with Crippen molar-refractivity contribution in [3.63, 3.8) is 0 Å². The summed E-state index contributed by atoms with van der Waals surface area (Å²) in [6.45, 7) is 3.50. The summed E-state index contributed by atoms with van der Waals surface area (Å²) in [5.41, 5.74) is 0. The number of hydrogen-bond donors (Lipinski definition) is 0. The predicted molar refractivity (Wildman–Crippen MR) is 42.9 cm³/mol. The summed E-state index contributed by atoms with van der Waals surface area (Å²) in [7, 11) is 0. The molecule has 0 rings (SSSR count). The molecule has 0 aromatic heterocycles. The molecule has 0 bridgehead atoms. The average molecular weight is 211 g/mol. The first-order valence-corrected chi connectivity index (χ1v) is 3.97. The molecule has 0 fully saturated rings. The Bertz CT molecular complexity index is 214. The fourth-order valence-corrected chi connectivity index (χ4v) is 0.627. The molecule has 0 saturated carbocycles. The Morgan fingerprint density at radius 3 is 1.93 bits per heavy atom. The number of rotatable bonds is 5. The van der Waals surface area contributed by atoms with E-state index in [1.54, 1.807) is 13.8 Å². The van der Waals surface area contributed by atoms with Crippen LogP contribution < -0.4 is 29.6 Å². The molecule has 0 saturated heterocycles. The van der Waals surface area contributed by atoms with Gasteiger partial charge in [-0.2, -0.15) is 0 Å². The fraction of sp³-hybridized carbons (Fsp3) is 0.625. The molecule has 5 nitrogen and oxygen atoms in total. The van der Waals surface area contributed by atoms with Crippen LogP contribution in [-0.2, 0) is 23.9 Å².